The normalized spacial score (nSPS) is 15.5. The van der Waals surface area contributed by atoms with Crippen LogP contribution in [0, 0.1) is 5.41 Å². The number of carbonyl (C=O) groups excluding carboxylic acids is 1. The monoisotopic (exact) mass is 440 g/mol. The van der Waals surface area contributed by atoms with E-state index in [1.54, 1.807) is 13.3 Å². The smallest absolute Gasteiger partial charge is 0.251 e. The molecule has 1 aliphatic carbocycles. The van der Waals surface area contributed by atoms with E-state index in [1.165, 1.54) is 25.7 Å². The van der Waals surface area contributed by atoms with Crippen molar-refractivity contribution in [1.82, 2.24) is 16.0 Å². The first-order valence-corrected chi connectivity index (χ1v) is 11.6. The molecule has 1 saturated carbocycles. The largest absolute Gasteiger partial charge is 0.467 e. The average molecular weight is 441 g/mol. The number of ether oxygens (including phenoxy) is 1. The number of amides is 1. The number of carbonyl (C=O) groups is 1. The number of hydrogen-bond acceptors (Lipinski definition) is 4. The highest BCUT2D eigenvalue weighted by atomic mass is 16.5. The predicted molar refractivity (Wildman–Crippen MR) is 127 cm³/mol. The van der Waals surface area contributed by atoms with Gasteiger partial charge in [0.1, 0.15) is 5.76 Å². The Morgan fingerprint density at radius 3 is 2.69 bits per heavy atom. The Bertz CT molecular complexity index is 858. The lowest BCUT2D eigenvalue weighted by atomic mass is 9.83. The summed E-state index contributed by atoms with van der Waals surface area (Å²) in [5, 5.41) is 9.77. The molecule has 174 valence electrons. The second-order valence-corrected chi connectivity index (χ2v) is 8.40. The molecule has 0 spiro atoms. The maximum atomic E-state index is 12.5. The van der Waals surface area contributed by atoms with E-state index in [0.29, 0.717) is 24.1 Å². The lowest BCUT2D eigenvalue weighted by Crippen LogP contribution is -2.43. The first kappa shape index (κ1) is 23.9. The molecule has 0 aliphatic heterocycles. The minimum absolute atomic E-state index is 0.122. The Balaban J connectivity index is 1.49. The van der Waals surface area contributed by atoms with E-state index >= 15 is 0 Å². The van der Waals surface area contributed by atoms with Crippen LogP contribution in [-0.4, -0.2) is 38.7 Å². The summed E-state index contributed by atoms with van der Waals surface area (Å²) >= 11 is 0. The van der Waals surface area contributed by atoms with Crippen LogP contribution in [0.1, 0.15) is 60.7 Å². The van der Waals surface area contributed by atoms with Crippen molar-refractivity contribution in [2.45, 2.75) is 52.1 Å². The Labute approximate surface area is 191 Å². The van der Waals surface area contributed by atoms with Crippen molar-refractivity contribution in [3.8, 4) is 0 Å². The Hall–Kier alpha value is -2.80. The molecule has 0 saturated heterocycles. The SMILES string of the molecule is CCOCCC1(CNC(=NC)NCc2cccc(C(=O)NCc3ccco3)c2)CCCC1. The molecule has 32 heavy (non-hydrogen) atoms. The summed E-state index contributed by atoms with van der Waals surface area (Å²) in [5.41, 5.74) is 1.93. The van der Waals surface area contributed by atoms with E-state index in [2.05, 4.69) is 20.9 Å². The molecule has 0 atom stereocenters. The van der Waals surface area contributed by atoms with Crippen molar-refractivity contribution in [2.75, 3.05) is 26.8 Å². The fourth-order valence-electron chi connectivity index (χ4n) is 4.26. The Morgan fingerprint density at radius 2 is 1.97 bits per heavy atom. The number of guanidine groups is 1. The third-order valence-corrected chi connectivity index (χ3v) is 6.15. The molecule has 1 fully saturated rings. The average Bonchev–Trinajstić information content (AvgIpc) is 3.51. The van der Waals surface area contributed by atoms with Crippen molar-refractivity contribution in [3.63, 3.8) is 0 Å². The molecule has 7 nitrogen and oxygen atoms in total. The zero-order valence-electron chi connectivity index (χ0n) is 19.3. The van der Waals surface area contributed by atoms with Crippen LogP contribution in [0.15, 0.2) is 52.1 Å². The van der Waals surface area contributed by atoms with Crippen molar-refractivity contribution < 1.29 is 13.9 Å². The van der Waals surface area contributed by atoms with Gasteiger partial charge in [0, 0.05) is 38.9 Å². The molecule has 0 unspecified atom stereocenters. The molecule has 0 radical (unpaired) electrons. The minimum atomic E-state index is -0.122. The van der Waals surface area contributed by atoms with Gasteiger partial charge in [0.25, 0.3) is 5.91 Å². The van der Waals surface area contributed by atoms with Crippen LogP contribution in [0.3, 0.4) is 0 Å². The molecule has 3 N–H and O–H groups in total. The molecular formula is C25H36N4O3. The van der Waals surface area contributed by atoms with Gasteiger partial charge in [-0.3, -0.25) is 9.79 Å². The van der Waals surface area contributed by atoms with Gasteiger partial charge >= 0.3 is 0 Å². The van der Waals surface area contributed by atoms with Crippen molar-refractivity contribution in [3.05, 3.63) is 59.5 Å². The Morgan fingerprint density at radius 1 is 1.12 bits per heavy atom. The highest BCUT2D eigenvalue weighted by Crippen LogP contribution is 2.40. The number of benzene rings is 1. The number of rotatable bonds is 11. The predicted octanol–water partition coefficient (Wildman–Crippen LogP) is 3.86. The molecule has 3 rings (SSSR count). The van der Waals surface area contributed by atoms with Gasteiger partial charge in [-0.1, -0.05) is 25.0 Å². The second kappa shape index (κ2) is 12.3. The summed E-state index contributed by atoms with van der Waals surface area (Å²) in [4.78, 5) is 16.8. The molecule has 2 aromatic rings. The molecule has 1 aromatic heterocycles. The fourth-order valence-corrected chi connectivity index (χ4v) is 4.26. The summed E-state index contributed by atoms with van der Waals surface area (Å²) in [7, 11) is 1.79. The zero-order chi connectivity index (χ0) is 22.7. The fraction of sp³-hybridized carbons (Fsp3) is 0.520. The van der Waals surface area contributed by atoms with Crippen LogP contribution in [0.4, 0.5) is 0 Å². The Kier molecular flexibility index (Phi) is 9.16. The standard InChI is InChI=1S/C25H36N4O3/c1-3-31-15-13-25(11-4-5-12-25)19-29-24(26-2)28-17-20-8-6-9-21(16-20)23(30)27-18-22-10-7-14-32-22/h6-10,14,16H,3-5,11-13,15,17-19H2,1-2H3,(H,27,30)(H2,26,28,29). The maximum absolute atomic E-state index is 12.5. The van der Waals surface area contributed by atoms with Crippen molar-refractivity contribution >= 4 is 11.9 Å². The van der Waals surface area contributed by atoms with Gasteiger partial charge in [-0.05, 0) is 61.4 Å². The van der Waals surface area contributed by atoms with Gasteiger partial charge in [-0.15, -0.1) is 0 Å². The third-order valence-electron chi connectivity index (χ3n) is 6.15. The summed E-state index contributed by atoms with van der Waals surface area (Å²) in [6.45, 7) is 5.49. The molecule has 7 heteroatoms. The molecular weight excluding hydrogens is 404 g/mol. The number of nitrogens with one attached hydrogen (secondary N) is 3. The lowest BCUT2D eigenvalue weighted by molar-refractivity contribution is 0.0948. The minimum Gasteiger partial charge on any atom is -0.467 e. The summed E-state index contributed by atoms with van der Waals surface area (Å²) in [6, 6.07) is 11.3. The quantitative estimate of drug-likeness (QED) is 0.281. The molecule has 1 heterocycles. The molecule has 1 aromatic carbocycles. The van der Waals surface area contributed by atoms with Crippen molar-refractivity contribution in [2.24, 2.45) is 10.4 Å². The van der Waals surface area contributed by atoms with Gasteiger partial charge in [0.15, 0.2) is 5.96 Å². The van der Waals surface area contributed by atoms with E-state index in [4.69, 9.17) is 9.15 Å². The summed E-state index contributed by atoms with van der Waals surface area (Å²) in [6.07, 6.45) is 7.73. The lowest BCUT2D eigenvalue weighted by Gasteiger charge is -2.30. The van der Waals surface area contributed by atoms with Crippen LogP contribution in [0.25, 0.3) is 0 Å². The molecule has 1 aliphatic rings. The van der Waals surface area contributed by atoms with Crippen LogP contribution >= 0.6 is 0 Å². The van der Waals surface area contributed by atoms with Gasteiger partial charge in [0.05, 0.1) is 12.8 Å². The molecule has 1 amide bonds. The van der Waals surface area contributed by atoms with Crippen molar-refractivity contribution in [1.29, 1.82) is 0 Å². The van der Waals surface area contributed by atoms with Gasteiger partial charge < -0.3 is 25.1 Å². The van der Waals surface area contributed by atoms with Gasteiger partial charge in [-0.2, -0.15) is 0 Å². The highest BCUT2D eigenvalue weighted by Gasteiger charge is 2.33. The van der Waals surface area contributed by atoms with Crippen LogP contribution in [0.2, 0.25) is 0 Å². The number of hydrogen-bond donors (Lipinski definition) is 3. The van der Waals surface area contributed by atoms with E-state index in [0.717, 1.165) is 43.5 Å². The zero-order valence-corrected chi connectivity index (χ0v) is 19.3. The first-order valence-electron chi connectivity index (χ1n) is 11.6. The first-order chi connectivity index (χ1) is 15.6. The summed E-state index contributed by atoms with van der Waals surface area (Å²) in [5.74, 6) is 1.39. The number of nitrogens with zero attached hydrogens (tertiary/aromatic N) is 1. The van der Waals surface area contributed by atoms with E-state index in [-0.39, 0.29) is 5.91 Å². The van der Waals surface area contributed by atoms with Crippen LogP contribution < -0.4 is 16.0 Å². The van der Waals surface area contributed by atoms with Crippen LogP contribution in [0.5, 0.6) is 0 Å². The maximum Gasteiger partial charge on any atom is 0.251 e. The van der Waals surface area contributed by atoms with E-state index in [1.807, 2.05) is 43.3 Å². The van der Waals surface area contributed by atoms with Gasteiger partial charge in [-0.25, -0.2) is 0 Å². The highest BCUT2D eigenvalue weighted by molar-refractivity contribution is 5.94. The van der Waals surface area contributed by atoms with Gasteiger partial charge in [0.2, 0.25) is 0 Å². The second-order valence-electron chi connectivity index (χ2n) is 8.40. The van der Waals surface area contributed by atoms with E-state index < -0.39 is 0 Å². The topological polar surface area (TPSA) is 87.9 Å². The summed E-state index contributed by atoms with van der Waals surface area (Å²) < 4.78 is 10.9. The van der Waals surface area contributed by atoms with Crippen LogP contribution in [-0.2, 0) is 17.8 Å². The molecule has 0 bridgehead atoms. The van der Waals surface area contributed by atoms with E-state index in [9.17, 15) is 4.79 Å². The number of aliphatic imine (C=N–C) groups is 1. The third kappa shape index (κ3) is 7.12. The number of furan rings is 1.